The lowest BCUT2D eigenvalue weighted by Gasteiger charge is -2.58. The first-order valence-electron chi connectivity index (χ1n) is 9.88. The molecular weight excluding hydrogens is 300 g/mol. The fourth-order valence-corrected chi connectivity index (χ4v) is 5.04. The second kappa shape index (κ2) is 6.78. The Morgan fingerprint density at radius 1 is 0.833 bits per heavy atom. The fourth-order valence-electron chi connectivity index (χ4n) is 5.04. The van der Waals surface area contributed by atoms with Crippen molar-refractivity contribution in [2.45, 2.75) is 81.5 Å². The second-order valence-corrected chi connectivity index (χ2v) is 7.72. The summed E-state index contributed by atoms with van der Waals surface area (Å²) < 4.78 is 12.5. The fraction of sp³-hybridized carbons (Fsp3) is 0.714. The van der Waals surface area contributed by atoms with Crippen LogP contribution in [0.3, 0.4) is 0 Å². The summed E-state index contributed by atoms with van der Waals surface area (Å²) in [5.74, 6) is -0.699. The van der Waals surface area contributed by atoms with E-state index in [9.17, 15) is 5.11 Å². The minimum Gasteiger partial charge on any atom is -0.379 e. The molecule has 3 heteroatoms. The summed E-state index contributed by atoms with van der Waals surface area (Å²) in [7, 11) is 0. The van der Waals surface area contributed by atoms with Crippen LogP contribution >= 0.6 is 0 Å². The minimum absolute atomic E-state index is 0.145. The van der Waals surface area contributed by atoms with Gasteiger partial charge < -0.3 is 14.6 Å². The molecule has 24 heavy (non-hydrogen) atoms. The molecule has 0 radical (unpaired) electrons. The van der Waals surface area contributed by atoms with Gasteiger partial charge in [0.05, 0.1) is 13.2 Å². The highest BCUT2D eigenvalue weighted by Gasteiger charge is 2.64. The maximum atomic E-state index is 11.9. The van der Waals surface area contributed by atoms with Crippen LogP contribution in [0.2, 0.25) is 0 Å². The van der Waals surface area contributed by atoms with Gasteiger partial charge in [-0.1, -0.05) is 62.8 Å². The monoisotopic (exact) mass is 330 g/mol. The molecule has 2 aliphatic carbocycles. The van der Waals surface area contributed by atoms with E-state index in [1.54, 1.807) is 0 Å². The molecule has 2 fully saturated rings. The molecule has 3 nitrogen and oxygen atoms in total. The maximum Gasteiger partial charge on any atom is 0.202 e. The summed E-state index contributed by atoms with van der Waals surface area (Å²) in [6.45, 7) is 1.38. The smallest absolute Gasteiger partial charge is 0.202 e. The Morgan fingerprint density at radius 3 is 2.29 bits per heavy atom. The first-order valence-corrected chi connectivity index (χ1v) is 9.88. The van der Waals surface area contributed by atoms with E-state index < -0.39 is 11.4 Å². The Hall–Kier alpha value is -0.900. The van der Waals surface area contributed by atoms with Gasteiger partial charge >= 0.3 is 0 Å². The molecule has 1 aliphatic heterocycles. The number of rotatable bonds is 0. The molecule has 1 saturated carbocycles. The zero-order chi connectivity index (χ0) is 16.5. The summed E-state index contributed by atoms with van der Waals surface area (Å²) in [4.78, 5) is 0. The van der Waals surface area contributed by atoms with Crippen LogP contribution in [-0.4, -0.2) is 24.1 Å². The number of hydrogen-bond acceptors (Lipinski definition) is 3. The Bertz CT molecular complexity index is 564. The highest BCUT2D eigenvalue weighted by Crippen LogP contribution is 2.60. The lowest BCUT2D eigenvalue weighted by Crippen LogP contribution is -2.64. The molecule has 2 unspecified atom stereocenters. The van der Waals surface area contributed by atoms with E-state index in [0.29, 0.717) is 13.2 Å². The Morgan fingerprint density at radius 2 is 1.50 bits per heavy atom. The zero-order valence-corrected chi connectivity index (χ0v) is 14.6. The molecular formula is C21H30O3. The van der Waals surface area contributed by atoms with E-state index in [0.717, 1.165) is 31.2 Å². The molecule has 4 rings (SSSR count). The van der Waals surface area contributed by atoms with E-state index in [1.807, 2.05) is 6.07 Å². The van der Waals surface area contributed by atoms with Crippen molar-refractivity contribution in [2.75, 3.05) is 13.2 Å². The molecule has 1 heterocycles. The third-order valence-electron chi connectivity index (χ3n) is 6.29. The average Bonchev–Trinajstić information content (AvgIpc) is 2.62. The number of fused-ring (bicyclic) bond motifs is 5. The van der Waals surface area contributed by atoms with Crippen LogP contribution in [0.15, 0.2) is 24.3 Å². The van der Waals surface area contributed by atoms with Crippen LogP contribution in [0.4, 0.5) is 0 Å². The Kier molecular flexibility index (Phi) is 4.68. The quantitative estimate of drug-likeness (QED) is 0.754. The highest BCUT2D eigenvalue weighted by atomic mass is 16.7. The zero-order valence-electron chi connectivity index (χ0n) is 14.6. The molecule has 1 aromatic rings. The van der Waals surface area contributed by atoms with Crippen molar-refractivity contribution in [1.29, 1.82) is 0 Å². The number of ether oxygens (including phenoxy) is 2. The van der Waals surface area contributed by atoms with E-state index in [4.69, 9.17) is 9.47 Å². The van der Waals surface area contributed by atoms with Crippen molar-refractivity contribution in [3.8, 4) is 0 Å². The van der Waals surface area contributed by atoms with E-state index >= 15 is 0 Å². The van der Waals surface area contributed by atoms with Gasteiger partial charge in [-0.2, -0.15) is 0 Å². The first-order chi connectivity index (χ1) is 11.8. The molecule has 1 spiro atoms. The SMILES string of the molecule is OC12c3ccccc3C1CCCCCCCCCC21OCCCO1. The molecule has 2 atom stereocenters. The second-order valence-electron chi connectivity index (χ2n) is 7.72. The molecule has 3 aliphatic rings. The lowest BCUT2D eigenvalue weighted by molar-refractivity contribution is -0.364. The molecule has 1 aromatic carbocycles. The van der Waals surface area contributed by atoms with E-state index in [-0.39, 0.29) is 5.92 Å². The van der Waals surface area contributed by atoms with Gasteiger partial charge in [-0.15, -0.1) is 0 Å². The molecule has 1 saturated heterocycles. The van der Waals surface area contributed by atoms with Gasteiger partial charge in [0.25, 0.3) is 0 Å². The summed E-state index contributed by atoms with van der Waals surface area (Å²) in [5.41, 5.74) is 1.35. The van der Waals surface area contributed by atoms with Crippen LogP contribution in [-0.2, 0) is 15.1 Å². The van der Waals surface area contributed by atoms with Crippen molar-refractivity contribution in [3.63, 3.8) is 0 Å². The molecule has 0 bridgehead atoms. The van der Waals surface area contributed by atoms with Crippen molar-refractivity contribution >= 4 is 0 Å². The molecule has 132 valence electrons. The van der Waals surface area contributed by atoms with Crippen LogP contribution in [0.5, 0.6) is 0 Å². The van der Waals surface area contributed by atoms with Crippen LogP contribution in [0.1, 0.15) is 81.3 Å². The predicted molar refractivity (Wildman–Crippen MR) is 93.9 cm³/mol. The van der Waals surface area contributed by atoms with Crippen molar-refractivity contribution < 1.29 is 14.6 Å². The Labute approximate surface area is 145 Å². The summed E-state index contributed by atoms with van der Waals surface area (Å²) in [5, 5.41) is 11.9. The third-order valence-corrected chi connectivity index (χ3v) is 6.29. The van der Waals surface area contributed by atoms with Gasteiger partial charge in [0.15, 0.2) is 5.60 Å². The van der Waals surface area contributed by atoms with Crippen molar-refractivity contribution in [1.82, 2.24) is 0 Å². The molecule has 1 N–H and O–H groups in total. The van der Waals surface area contributed by atoms with Gasteiger partial charge in [-0.3, -0.25) is 0 Å². The predicted octanol–water partition coefficient (Wildman–Crippen LogP) is 4.63. The van der Waals surface area contributed by atoms with E-state index in [2.05, 4.69) is 18.2 Å². The van der Waals surface area contributed by atoms with Gasteiger partial charge in [0.1, 0.15) is 0 Å². The summed E-state index contributed by atoms with van der Waals surface area (Å²) >= 11 is 0. The molecule has 0 aromatic heterocycles. The number of hydrogen-bond donors (Lipinski definition) is 1. The summed E-state index contributed by atoms with van der Waals surface area (Å²) in [6.07, 6.45) is 11.4. The summed E-state index contributed by atoms with van der Waals surface area (Å²) in [6, 6.07) is 8.36. The van der Waals surface area contributed by atoms with E-state index in [1.165, 1.54) is 44.1 Å². The lowest BCUT2D eigenvalue weighted by atomic mass is 9.57. The topological polar surface area (TPSA) is 38.7 Å². The first kappa shape index (κ1) is 16.6. The van der Waals surface area contributed by atoms with Crippen LogP contribution < -0.4 is 0 Å². The van der Waals surface area contributed by atoms with Gasteiger partial charge in [-0.05, 0) is 30.4 Å². The van der Waals surface area contributed by atoms with Gasteiger partial charge in [-0.25, -0.2) is 0 Å². The minimum atomic E-state index is -0.983. The van der Waals surface area contributed by atoms with Gasteiger partial charge in [0, 0.05) is 12.3 Å². The van der Waals surface area contributed by atoms with Crippen LogP contribution in [0.25, 0.3) is 0 Å². The maximum absolute atomic E-state index is 11.9. The number of aliphatic hydroxyl groups is 1. The highest BCUT2D eigenvalue weighted by molar-refractivity contribution is 5.49. The Balaban J connectivity index is 1.71. The standard InChI is InChI=1S/C21H30O3/c22-21-18(17-11-7-8-13-19(17)21)12-6-4-2-1-3-5-9-14-20(21)23-15-10-16-24-20/h7-8,11,13,18,22H,1-6,9-10,12,14-16H2. The van der Waals surface area contributed by atoms with Gasteiger partial charge in [0.2, 0.25) is 5.79 Å². The van der Waals surface area contributed by atoms with Crippen LogP contribution in [0, 0.1) is 0 Å². The van der Waals surface area contributed by atoms with Crippen molar-refractivity contribution in [2.24, 2.45) is 0 Å². The molecule has 0 amide bonds. The average molecular weight is 330 g/mol. The third kappa shape index (κ3) is 2.53. The van der Waals surface area contributed by atoms with Crippen molar-refractivity contribution in [3.05, 3.63) is 35.4 Å². The number of benzene rings is 1. The largest absolute Gasteiger partial charge is 0.379 e. The normalized spacial score (nSPS) is 33.5.